The van der Waals surface area contributed by atoms with Gasteiger partial charge in [0.25, 0.3) is 0 Å². The van der Waals surface area contributed by atoms with E-state index in [1.807, 2.05) is 6.07 Å². The number of methoxy groups -OCH3 is 1. The summed E-state index contributed by atoms with van der Waals surface area (Å²) < 4.78 is 30.3. The molecule has 8 heteroatoms. The maximum absolute atomic E-state index is 14.3. The van der Waals surface area contributed by atoms with Crippen LogP contribution in [0, 0.1) is 5.82 Å². The molecule has 0 radical (unpaired) electrons. The highest BCUT2D eigenvalue weighted by Gasteiger charge is 2.17. The highest BCUT2D eigenvalue weighted by molar-refractivity contribution is 5.55. The van der Waals surface area contributed by atoms with Gasteiger partial charge in [0.2, 0.25) is 5.95 Å². The fraction of sp³-hybridized carbons (Fsp3) is 0.412. The minimum absolute atomic E-state index is 0.128. The van der Waals surface area contributed by atoms with E-state index in [1.54, 1.807) is 13.2 Å². The number of halogens is 1. The molecule has 1 fully saturated rings. The van der Waals surface area contributed by atoms with Gasteiger partial charge in [0.05, 0.1) is 37.4 Å². The van der Waals surface area contributed by atoms with Gasteiger partial charge in [-0.3, -0.25) is 0 Å². The number of hydrogen-bond donors (Lipinski definition) is 2. The van der Waals surface area contributed by atoms with E-state index >= 15 is 0 Å². The quantitative estimate of drug-likeness (QED) is 0.742. The smallest absolute Gasteiger partial charge is 0.227 e. The summed E-state index contributed by atoms with van der Waals surface area (Å²) in [7, 11) is 1.60. The van der Waals surface area contributed by atoms with Gasteiger partial charge < -0.3 is 24.8 Å². The van der Waals surface area contributed by atoms with Crippen LogP contribution in [0.1, 0.15) is 11.7 Å². The van der Waals surface area contributed by atoms with Gasteiger partial charge in [0.1, 0.15) is 12.4 Å². The number of benzene rings is 1. The molecule has 2 heterocycles. The number of nitrogens with one attached hydrogen (secondary N) is 2. The Balaban J connectivity index is 1.62. The second-order valence-corrected chi connectivity index (χ2v) is 5.51. The third-order valence-corrected chi connectivity index (χ3v) is 3.72. The normalized spacial score (nSPS) is 17.3. The van der Waals surface area contributed by atoms with Crippen LogP contribution in [0.2, 0.25) is 0 Å². The van der Waals surface area contributed by atoms with Gasteiger partial charge in [-0.25, -0.2) is 14.4 Å². The Morgan fingerprint density at radius 2 is 2.16 bits per heavy atom. The SMILES string of the molecule is COCCOc1cnc(Nc2ccc([C@H]3CNCCO3)cc2F)nc1. The lowest BCUT2D eigenvalue weighted by Crippen LogP contribution is -2.33. The molecule has 1 saturated heterocycles. The van der Waals surface area contributed by atoms with Crippen LogP contribution in [0.15, 0.2) is 30.6 Å². The Morgan fingerprint density at radius 1 is 1.32 bits per heavy atom. The van der Waals surface area contributed by atoms with Crippen molar-refractivity contribution in [3.63, 3.8) is 0 Å². The molecule has 0 unspecified atom stereocenters. The molecule has 7 nitrogen and oxygen atoms in total. The van der Waals surface area contributed by atoms with Crippen LogP contribution in [-0.4, -0.2) is 50.0 Å². The van der Waals surface area contributed by atoms with Crippen molar-refractivity contribution in [2.24, 2.45) is 0 Å². The molecule has 0 aliphatic carbocycles. The fourth-order valence-corrected chi connectivity index (χ4v) is 2.43. The van der Waals surface area contributed by atoms with Gasteiger partial charge in [0.15, 0.2) is 5.75 Å². The maximum atomic E-state index is 14.3. The van der Waals surface area contributed by atoms with E-state index in [-0.39, 0.29) is 11.9 Å². The van der Waals surface area contributed by atoms with Crippen LogP contribution in [0.3, 0.4) is 0 Å². The zero-order chi connectivity index (χ0) is 17.5. The van der Waals surface area contributed by atoms with E-state index < -0.39 is 0 Å². The van der Waals surface area contributed by atoms with E-state index in [9.17, 15) is 4.39 Å². The molecular formula is C17H21FN4O3. The molecule has 1 aromatic carbocycles. The first-order valence-electron chi connectivity index (χ1n) is 8.09. The summed E-state index contributed by atoms with van der Waals surface area (Å²) in [5, 5.41) is 6.09. The van der Waals surface area contributed by atoms with Crippen molar-refractivity contribution in [2.45, 2.75) is 6.10 Å². The van der Waals surface area contributed by atoms with Gasteiger partial charge in [-0.15, -0.1) is 0 Å². The van der Waals surface area contributed by atoms with E-state index in [1.165, 1.54) is 18.5 Å². The third kappa shape index (κ3) is 4.85. The summed E-state index contributed by atoms with van der Waals surface area (Å²) in [6, 6.07) is 4.97. The Bertz CT molecular complexity index is 678. The van der Waals surface area contributed by atoms with Gasteiger partial charge >= 0.3 is 0 Å². The number of aromatic nitrogens is 2. The van der Waals surface area contributed by atoms with Crippen molar-refractivity contribution in [1.82, 2.24) is 15.3 Å². The molecule has 134 valence electrons. The highest BCUT2D eigenvalue weighted by atomic mass is 19.1. The van der Waals surface area contributed by atoms with Crippen LogP contribution >= 0.6 is 0 Å². The van der Waals surface area contributed by atoms with E-state index in [0.29, 0.717) is 43.8 Å². The van der Waals surface area contributed by atoms with Crippen LogP contribution in [-0.2, 0) is 9.47 Å². The second kappa shape index (κ2) is 8.70. The Kier molecular flexibility index (Phi) is 6.10. The molecule has 1 aliphatic rings. The summed E-state index contributed by atoms with van der Waals surface area (Å²) in [5.74, 6) is 0.442. The van der Waals surface area contributed by atoms with Crippen molar-refractivity contribution in [3.05, 3.63) is 42.0 Å². The first-order valence-corrected chi connectivity index (χ1v) is 8.09. The average Bonchev–Trinajstić information content (AvgIpc) is 2.66. The summed E-state index contributed by atoms with van der Waals surface area (Å²) in [4.78, 5) is 8.23. The standard InChI is InChI=1S/C17H21FN4O3/c1-23-6-7-24-13-9-20-17(21-10-13)22-15-3-2-12(8-14(15)18)16-11-19-4-5-25-16/h2-3,8-10,16,19H,4-7,11H2,1H3,(H,20,21,22)/t16-/m1/s1. The molecule has 1 atom stereocenters. The monoisotopic (exact) mass is 348 g/mol. The first-order chi connectivity index (χ1) is 12.3. The molecule has 25 heavy (non-hydrogen) atoms. The molecule has 2 aromatic rings. The van der Waals surface area contributed by atoms with Gasteiger partial charge in [-0.2, -0.15) is 0 Å². The lowest BCUT2D eigenvalue weighted by molar-refractivity contribution is 0.0275. The Labute approximate surface area is 145 Å². The van der Waals surface area contributed by atoms with Crippen LogP contribution in [0.5, 0.6) is 5.75 Å². The van der Waals surface area contributed by atoms with Gasteiger partial charge in [-0.1, -0.05) is 6.07 Å². The number of rotatable bonds is 7. The molecule has 3 rings (SSSR count). The zero-order valence-electron chi connectivity index (χ0n) is 14.0. The summed E-state index contributed by atoms with van der Waals surface area (Å²) in [6.45, 7) is 3.03. The van der Waals surface area contributed by atoms with Crippen molar-refractivity contribution in [1.29, 1.82) is 0 Å². The van der Waals surface area contributed by atoms with Crippen LogP contribution in [0.25, 0.3) is 0 Å². The lowest BCUT2D eigenvalue weighted by atomic mass is 10.1. The first kappa shape index (κ1) is 17.5. The van der Waals surface area contributed by atoms with E-state index in [0.717, 1.165) is 12.1 Å². The Hall–Kier alpha value is -2.29. The van der Waals surface area contributed by atoms with Gasteiger partial charge in [-0.05, 0) is 17.7 Å². The van der Waals surface area contributed by atoms with E-state index in [4.69, 9.17) is 14.2 Å². The number of anilines is 2. The molecule has 2 N–H and O–H groups in total. The topological polar surface area (TPSA) is 77.5 Å². The van der Waals surface area contributed by atoms with E-state index in [2.05, 4.69) is 20.6 Å². The average molecular weight is 348 g/mol. The summed E-state index contributed by atoms with van der Waals surface area (Å²) in [5.41, 5.74) is 1.11. The van der Waals surface area contributed by atoms with Crippen molar-refractivity contribution in [2.75, 3.05) is 45.3 Å². The summed E-state index contributed by atoms with van der Waals surface area (Å²) >= 11 is 0. The largest absolute Gasteiger partial charge is 0.488 e. The lowest BCUT2D eigenvalue weighted by Gasteiger charge is -2.24. The predicted molar refractivity (Wildman–Crippen MR) is 90.6 cm³/mol. The maximum Gasteiger partial charge on any atom is 0.227 e. The Morgan fingerprint density at radius 3 is 2.84 bits per heavy atom. The molecule has 0 spiro atoms. The minimum Gasteiger partial charge on any atom is -0.488 e. The molecule has 1 aromatic heterocycles. The van der Waals surface area contributed by atoms with Crippen molar-refractivity contribution in [3.8, 4) is 5.75 Å². The molecule has 0 bridgehead atoms. The van der Waals surface area contributed by atoms with Crippen LogP contribution in [0.4, 0.5) is 16.0 Å². The molecular weight excluding hydrogens is 327 g/mol. The molecule has 0 amide bonds. The number of morpholine rings is 1. The predicted octanol–water partition coefficient (Wildman–Crippen LogP) is 2.05. The number of ether oxygens (including phenoxy) is 3. The number of nitrogens with zero attached hydrogens (tertiary/aromatic N) is 2. The number of hydrogen-bond acceptors (Lipinski definition) is 7. The molecule has 1 aliphatic heterocycles. The zero-order valence-corrected chi connectivity index (χ0v) is 14.0. The summed E-state index contributed by atoms with van der Waals surface area (Å²) in [6.07, 6.45) is 2.93. The molecule has 0 saturated carbocycles. The van der Waals surface area contributed by atoms with Gasteiger partial charge in [0, 0.05) is 20.2 Å². The highest BCUT2D eigenvalue weighted by Crippen LogP contribution is 2.25. The second-order valence-electron chi connectivity index (χ2n) is 5.51. The fourth-order valence-electron chi connectivity index (χ4n) is 2.43. The van der Waals surface area contributed by atoms with Crippen molar-refractivity contribution >= 4 is 11.6 Å². The van der Waals surface area contributed by atoms with Crippen LogP contribution < -0.4 is 15.4 Å². The minimum atomic E-state index is -0.379. The van der Waals surface area contributed by atoms with Crippen molar-refractivity contribution < 1.29 is 18.6 Å². The third-order valence-electron chi connectivity index (χ3n) is 3.72.